The van der Waals surface area contributed by atoms with Crippen molar-refractivity contribution in [3.05, 3.63) is 36.5 Å². The molecule has 0 aliphatic rings. The summed E-state index contributed by atoms with van der Waals surface area (Å²) in [6.07, 6.45) is 22.0. The predicted octanol–water partition coefficient (Wildman–Crippen LogP) is 5.06. The number of allylic oxidation sites excluding steroid dienone is 6. The van der Waals surface area contributed by atoms with Crippen LogP contribution in [0, 0.1) is 0 Å². The highest BCUT2D eigenvalue weighted by Gasteiger charge is 2.42. The second-order valence-corrected chi connectivity index (χ2v) is 9.07. The van der Waals surface area contributed by atoms with Crippen molar-refractivity contribution in [1.82, 2.24) is 0 Å². The molecule has 5 nitrogen and oxygen atoms in total. The molecule has 0 aromatic rings. The number of Topliss-reactive ketones (excluding diaryl/α,β-unsaturated/α-hetero) is 1. The molecule has 0 aromatic carbocycles. The summed E-state index contributed by atoms with van der Waals surface area (Å²) in [4.78, 5) is 23.6. The first-order valence-corrected chi connectivity index (χ1v) is 11.3. The van der Waals surface area contributed by atoms with E-state index in [0.717, 1.165) is 51.4 Å². The van der Waals surface area contributed by atoms with Gasteiger partial charge in [0.25, 0.3) is 0 Å². The molecule has 0 aliphatic carbocycles. The van der Waals surface area contributed by atoms with Crippen LogP contribution in [-0.2, 0) is 9.59 Å². The summed E-state index contributed by atoms with van der Waals surface area (Å²) >= 11 is 0. The number of rotatable bonds is 18. The maximum absolute atomic E-state index is 12.5. The fraction of sp³-hybridized carbons (Fsp3) is 0.680. The van der Waals surface area contributed by atoms with Gasteiger partial charge in [-0.3, -0.25) is 9.59 Å². The van der Waals surface area contributed by atoms with Crippen LogP contribution in [0.4, 0.5) is 0 Å². The summed E-state index contributed by atoms with van der Waals surface area (Å²) in [5, 5.41) is 19.7. The summed E-state index contributed by atoms with van der Waals surface area (Å²) in [6.45, 7) is 2.24. The Morgan fingerprint density at radius 3 is 1.93 bits per heavy atom. The Balaban J connectivity index is 3.95. The number of hydrogen-bond acceptors (Lipinski definition) is 3. The van der Waals surface area contributed by atoms with Crippen LogP contribution in [0.5, 0.6) is 0 Å². The number of likely N-dealkylation sites (N-methyl/N-ethyl adjacent to an activating group) is 1. The smallest absolute Gasteiger partial charge is 0.306 e. The van der Waals surface area contributed by atoms with E-state index in [9.17, 15) is 14.7 Å². The number of quaternary nitrogens is 1. The van der Waals surface area contributed by atoms with E-state index in [0.29, 0.717) is 10.9 Å². The highest BCUT2D eigenvalue weighted by atomic mass is 16.4. The predicted molar refractivity (Wildman–Crippen MR) is 124 cm³/mol. The lowest BCUT2D eigenvalue weighted by Crippen LogP contribution is -2.54. The number of ketones is 1. The molecular weight excluding hydrogens is 378 g/mol. The van der Waals surface area contributed by atoms with Gasteiger partial charge in [0.05, 0.1) is 27.6 Å². The zero-order valence-corrected chi connectivity index (χ0v) is 19.6. The topological polar surface area (TPSA) is 74.6 Å². The van der Waals surface area contributed by atoms with Crippen LogP contribution >= 0.6 is 0 Å². The molecule has 172 valence electrons. The van der Waals surface area contributed by atoms with Crippen molar-refractivity contribution >= 4 is 11.8 Å². The Kier molecular flexibility index (Phi) is 15.1. The minimum Gasteiger partial charge on any atom is -0.481 e. The Morgan fingerprint density at radius 2 is 1.37 bits per heavy atom. The molecule has 0 aromatic heterocycles. The Labute approximate surface area is 183 Å². The second-order valence-electron chi connectivity index (χ2n) is 9.07. The average Bonchev–Trinajstić information content (AvgIpc) is 2.62. The number of unbranched alkanes of at least 4 members (excludes halogenated alkanes) is 5. The van der Waals surface area contributed by atoms with Gasteiger partial charge in [0, 0.05) is 6.42 Å². The first kappa shape index (κ1) is 28.3. The SMILES string of the molecule is CCC=CCC=CCC=CCCCCCCCC(=O)C(O)(CC(=O)O)C[N+](C)(C)C. The molecule has 2 N–H and O–H groups in total. The van der Waals surface area contributed by atoms with Gasteiger partial charge in [-0.05, 0) is 38.5 Å². The van der Waals surface area contributed by atoms with Crippen molar-refractivity contribution in [2.75, 3.05) is 27.7 Å². The van der Waals surface area contributed by atoms with Gasteiger partial charge in [0.15, 0.2) is 11.4 Å². The molecule has 0 fully saturated rings. The van der Waals surface area contributed by atoms with E-state index in [1.807, 2.05) is 21.1 Å². The number of carbonyl (C=O) groups is 2. The number of nitrogens with zero attached hydrogens (tertiary/aromatic N) is 1. The number of carboxylic acids is 1. The third-order valence-electron chi connectivity index (χ3n) is 4.75. The molecule has 0 bridgehead atoms. The second kappa shape index (κ2) is 16.0. The Bertz CT molecular complexity index is 572. The van der Waals surface area contributed by atoms with Crippen LogP contribution in [0.15, 0.2) is 36.5 Å². The largest absolute Gasteiger partial charge is 0.481 e. The van der Waals surface area contributed by atoms with Crippen LogP contribution in [0.3, 0.4) is 0 Å². The van der Waals surface area contributed by atoms with E-state index in [2.05, 4.69) is 43.4 Å². The quantitative estimate of drug-likeness (QED) is 0.184. The summed E-state index contributed by atoms with van der Waals surface area (Å²) in [7, 11) is 5.53. The summed E-state index contributed by atoms with van der Waals surface area (Å²) in [6, 6.07) is 0. The molecular formula is C25H44NO4+. The van der Waals surface area contributed by atoms with Crippen molar-refractivity contribution in [1.29, 1.82) is 0 Å². The normalized spacial score (nSPS) is 14.7. The van der Waals surface area contributed by atoms with Gasteiger partial charge >= 0.3 is 5.97 Å². The monoisotopic (exact) mass is 422 g/mol. The van der Waals surface area contributed by atoms with E-state index >= 15 is 0 Å². The van der Waals surface area contributed by atoms with E-state index in [1.165, 1.54) is 0 Å². The molecule has 5 heteroatoms. The number of hydrogen-bond donors (Lipinski definition) is 2. The minimum atomic E-state index is -1.78. The van der Waals surface area contributed by atoms with Gasteiger partial charge in [0.2, 0.25) is 0 Å². The molecule has 30 heavy (non-hydrogen) atoms. The molecule has 1 unspecified atom stereocenters. The minimum absolute atomic E-state index is 0.106. The summed E-state index contributed by atoms with van der Waals surface area (Å²) < 4.78 is 0.342. The average molecular weight is 423 g/mol. The van der Waals surface area contributed by atoms with Crippen molar-refractivity contribution in [2.24, 2.45) is 0 Å². The van der Waals surface area contributed by atoms with Gasteiger partial charge in [-0.2, -0.15) is 0 Å². The van der Waals surface area contributed by atoms with E-state index < -0.39 is 18.0 Å². The van der Waals surface area contributed by atoms with Crippen molar-refractivity contribution in [2.45, 2.75) is 83.2 Å². The lowest BCUT2D eigenvalue weighted by molar-refractivity contribution is -0.875. The van der Waals surface area contributed by atoms with Gasteiger partial charge in [-0.25, -0.2) is 0 Å². The zero-order chi connectivity index (χ0) is 22.9. The highest BCUT2D eigenvalue weighted by molar-refractivity contribution is 5.90. The number of carboxylic acid groups (broad SMARTS) is 1. The molecule has 0 aliphatic heterocycles. The third-order valence-corrected chi connectivity index (χ3v) is 4.75. The number of aliphatic carboxylic acids is 1. The highest BCUT2D eigenvalue weighted by Crippen LogP contribution is 2.20. The zero-order valence-electron chi connectivity index (χ0n) is 19.6. The van der Waals surface area contributed by atoms with Crippen LogP contribution in [0.1, 0.15) is 77.6 Å². The van der Waals surface area contributed by atoms with Crippen LogP contribution in [0.2, 0.25) is 0 Å². The van der Waals surface area contributed by atoms with Gasteiger partial charge in [-0.1, -0.05) is 62.6 Å². The van der Waals surface area contributed by atoms with Crippen molar-refractivity contribution in [3.63, 3.8) is 0 Å². The van der Waals surface area contributed by atoms with Crippen molar-refractivity contribution < 1.29 is 24.3 Å². The first-order chi connectivity index (χ1) is 14.1. The van der Waals surface area contributed by atoms with Crippen LogP contribution < -0.4 is 0 Å². The van der Waals surface area contributed by atoms with Gasteiger partial charge in [-0.15, -0.1) is 0 Å². The maximum Gasteiger partial charge on any atom is 0.306 e. The maximum atomic E-state index is 12.5. The van der Waals surface area contributed by atoms with Crippen LogP contribution in [0.25, 0.3) is 0 Å². The third kappa shape index (κ3) is 16.1. The van der Waals surface area contributed by atoms with Crippen LogP contribution in [-0.4, -0.2) is 59.7 Å². The summed E-state index contributed by atoms with van der Waals surface area (Å²) in [5.74, 6) is -1.49. The molecule has 1 atom stereocenters. The fourth-order valence-corrected chi connectivity index (χ4v) is 3.41. The molecule has 0 saturated carbocycles. The molecule has 0 amide bonds. The van der Waals surface area contributed by atoms with E-state index in [1.54, 1.807) is 0 Å². The fourth-order valence-electron chi connectivity index (χ4n) is 3.41. The van der Waals surface area contributed by atoms with E-state index in [-0.39, 0.29) is 18.7 Å². The lowest BCUT2D eigenvalue weighted by atomic mass is 9.89. The lowest BCUT2D eigenvalue weighted by Gasteiger charge is -2.33. The van der Waals surface area contributed by atoms with Gasteiger partial charge < -0.3 is 14.7 Å². The van der Waals surface area contributed by atoms with Gasteiger partial charge in [0.1, 0.15) is 6.54 Å². The Hall–Kier alpha value is -1.72. The standard InChI is InChI=1S/C25H43NO4/c1-5-6-7-8-9-10-11-12-13-14-15-16-17-18-19-20-23(27)25(30,21-24(28)29)22-26(2,3)4/h6-7,9-10,12-13,30H,5,8,11,14-22H2,1-4H3/p+1. The molecule has 0 spiro atoms. The molecule has 0 heterocycles. The number of carbonyl (C=O) groups excluding carboxylic acids is 1. The molecule has 0 radical (unpaired) electrons. The van der Waals surface area contributed by atoms with E-state index in [4.69, 9.17) is 5.11 Å². The first-order valence-electron chi connectivity index (χ1n) is 11.3. The molecule has 0 rings (SSSR count). The van der Waals surface area contributed by atoms with Crippen molar-refractivity contribution in [3.8, 4) is 0 Å². The number of aliphatic hydroxyl groups is 1. The summed E-state index contributed by atoms with van der Waals surface area (Å²) in [5.41, 5.74) is -1.78. The molecule has 0 saturated heterocycles. The Morgan fingerprint density at radius 1 is 0.833 bits per heavy atom.